The van der Waals surface area contributed by atoms with E-state index in [2.05, 4.69) is 26.4 Å². The normalized spacial score (nSPS) is 16.2. The first-order valence-electron chi connectivity index (χ1n) is 12.3. The number of anilines is 1. The molecule has 1 amide bonds. The van der Waals surface area contributed by atoms with Crippen LogP contribution in [-0.2, 0) is 27.2 Å². The standard InChI is InChI=1S/C27H34N4O4/c1-34-15-16-35-26(32)20-30-14-11-22-9-10-25(17-24(22)19-30)29-27(33)23-7-5-21(6-8-23)18-28-31-12-3-2-4-13-31/h5-10,17-18H,2-4,11-16,19-20H2,1H3,(H,29,33)/b28-18+. The van der Waals surface area contributed by atoms with Crippen LogP contribution in [0.3, 0.4) is 0 Å². The van der Waals surface area contributed by atoms with E-state index >= 15 is 0 Å². The highest BCUT2D eigenvalue weighted by atomic mass is 16.6. The van der Waals surface area contributed by atoms with Crippen LogP contribution in [0.25, 0.3) is 0 Å². The Morgan fingerprint density at radius 2 is 1.80 bits per heavy atom. The lowest BCUT2D eigenvalue weighted by molar-refractivity contribution is -0.146. The van der Waals surface area contributed by atoms with E-state index in [1.165, 1.54) is 24.8 Å². The smallest absolute Gasteiger partial charge is 0.320 e. The fraction of sp³-hybridized carbons (Fsp3) is 0.444. The zero-order valence-corrected chi connectivity index (χ0v) is 20.4. The summed E-state index contributed by atoms with van der Waals surface area (Å²) in [7, 11) is 1.58. The molecule has 0 bridgehead atoms. The van der Waals surface area contributed by atoms with Crippen LogP contribution >= 0.6 is 0 Å². The quantitative estimate of drug-likeness (QED) is 0.338. The highest BCUT2D eigenvalue weighted by molar-refractivity contribution is 6.04. The van der Waals surface area contributed by atoms with Gasteiger partial charge in [0.25, 0.3) is 5.91 Å². The molecule has 8 heteroatoms. The van der Waals surface area contributed by atoms with E-state index in [0.717, 1.165) is 42.9 Å². The molecule has 8 nitrogen and oxygen atoms in total. The van der Waals surface area contributed by atoms with E-state index < -0.39 is 0 Å². The van der Waals surface area contributed by atoms with E-state index in [0.29, 0.717) is 18.7 Å². The second-order valence-corrected chi connectivity index (χ2v) is 8.99. The molecule has 0 spiro atoms. The van der Waals surface area contributed by atoms with Crippen molar-refractivity contribution >= 4 is 23.8 Å². The van der Waals surface area contributed by atoms with Crippen LogP contribution in [0.1, 0.15) is 46.3 Å². The molecule has 1 N–H and O–H groups in total. The Balaban J connectivity index is 1.31. The predicted molar refractivity (Wildman–Crippen MR) is 136 cm³/mol. The zero-order chi connectivity index (χ0) is 24.5. The summed E-state index contributed by atoms with van der Waals surface area (Å²) < 4.78 is 10.1. The van der Waals surface area contributed by atoms with Crippen molar-refractivity contribution in [3.63, 3.8) is 0 Å². The second kappa shape index (κ2) is 12.5. The van der Waals surface area contributed by atoms with Gasteiger partial charge < -0.3 is 14.8 Å². The van der Waals surface area contributed by atoms with Crippen LogP contribution in [0, 0.1) is 0 Å². The lowest BCUT2D eigenvalue weighted by atomic mass is 9.99. The van der Waals surface area contributed by atoms with Gasteiger partial charge in [0.05, 0.1) is 19.4 Å². The van der Waals surface area contributed by atoms with Gasteiger partial charge in [-0.1, -0.05) is 18.2 Å². The Bertz CT molecular complexity index is 1030. The van der Waals surface area contributed by atoms with Crippen LogP contribution < -0.4 is 5.32 Å². The number of nitrogens with zero attached hydrogens (tertiary/aromatic N) is 3. The molecule has 2 aromatic rings. The Morgan fingerprint density at radius 3 is 2.57 bits per heavy atom. The summed E-state index contributed by atoms with van der Waals surface area (Å²) in [5, 5.41) is 9.65. The number of amides is 1. The minimum atomic E-state index is -0.251. The Hall–Kier alpha value is -3.23. The number of carbonyl (C=O) groups is 2. The number of fused-ring (bicyclic) bond motifs is 1. The third-order valence-corrected chi connectivity index (χ3v) is 6.33. The molecule has 1 saturated heterocycles. The maximum Gasteiger partial charge on any atom is 0.320 e. The lowest BCUT2D eigenvalue weighted by Crippen LogP contribution is -2.35. The summed E-state index contributed by atoms with van der Waals surface area (Å²) in [6, 6.07) is 13.5. The molecule has 2 aromatic carbocycles. The largest absolute Gasteiger partial charge is 0.462 e. The number of hydrazone groups is 1. The molecule has 0 unspecified atom stereocenters. The predicted octanol–water partition coefficient (Wildman–Crippen LogP) is 3.31. The summed E-state index contributed by atoms with van der Waals surface area (Å²) in [6.07, 6.45) is 6.38. The number of hydrogen-bond donors (Lipinski definition) is 1. The van der Waals surface area contributed by atoms with Gasteiger partial charge in [-0.05, 0) is 66.6 Å². The van der Waals surface area contributed by atoms with Crippen molar-refractivity contribution in [2.75, 3.05) is 51.8 Å². The number of nitrogens with one attached hydrogen (secondary N) is 1. The van der Waals surface area contributed by atoms with Gasteiger partial charge in [-0.3, -0.25) is 19.5 Å². The number of ether oxygens (including phenoxy) is 2. The molecule has 2 heterocycles. The molecule has 2 aliphatic heterocycles. The average molecular weight is 479 g/mol. The summed E-state index contributed by atoms with van der Waals surface area (Å²) in [4.78, 5) is 26.9. The average Bonchev–Trinajstić information content (AvgIpc) is 2.88. The monoisotopic (exact) mass is 478 g/mol. The van der Waals surface area contributed by atoms with E-state index in [9.17, 15) is 9.59 Å². The van der Waals surface area contributed by atoms with Gasteiger partial charge in [0.15, 0.2) is 0 Å². The third kappa shape index (κ3) is 7.37. The van der Waals surface area contributed by atoms with Gasteiger partial charge in [0, 0.05) is 44.5 Å². The number of carbonyl (C=O) groups excluding carboxylic acids is 2. The van der Waals surface area contributed by atoms with Crippen molar-refractivity contribution < 1.29 is 19.1 Å². The number of benzene rings is 2. The minimum absolute atomic E-state index is 0.154. The van der Waals surface area contributed by atoms with Crippen LogP contribution in [0.5, 0.6) is 0 Å². The topological polar surface area (TPSA) is 83.5 Å². The zero-order valence-electron chi connectivity index (χ0n) is 20.4. The number of methoxy groups -OCH3 is 1. The minimum Gasteiger partial charge on any atom is -0.462 e. The van der Waals surface area contributed by atoms with Crippen molar-refractivity contribution in [2.45, 2.75) is 32.2 Å². The van der Waals surface area contributed by atoms with Gasteiger partial charge >= 0.3 is 5.97 Å². The third-order valence-electron chi connectivity index (χ3n) is 6.33. The SMILES string of the molecule is COCCOC(=O)CN1CCc2ccc(NC(=O)c3ccc(/C=N/N4CCCCC4)cc3)cc2C1. The van der Waals surface area contributed by atoms with Crippen LogP contribution in [0.2, 0.25) is 0 Å². The molecule has 0 aromatic heterocycles. The van der Waals surface area contributed by atoms with Gasteiger partial charge in [-0.2, -0.15) is 5.10 Å². The lowest BCUT2D eigenvalue weighted by Gasteiger charge is -2.28. The van der Waals surface area contributed by atoms with Gasteiger partial charge in [-0.15, -0.1) is 0 Å². The first kappa shape index (κ1) is 24.9. The molecule has 2 aliphatic rings. The molecule has 0 aliphatic carbocycles. The van der Waals surface area contributed by atoms with Crippen LogP contribution in [0.15, 0.2) is 47.6 Å². The summed E-state index contributed by atoms with van der Waals surface area (Å²) in [5.74, 6) is -0.404. The number of esters is 1. The summed E-state index contributed by atoms with van der Waals surface area (Å²) >= 11 is 0. The maximum absolute atomic E-state index is 12.8. The number of rotatable bonds is 9. The molecule has 35 heavy (non-hydrogen) atoms. The van der Waals surface area contributed by atoms with Crippen molar-refractivity contribution in [3.05, 3.63) is 64.7 Å². The maximum atomic E-state index is 12.8. The second-order valence-electron chi connectivity index (χ2n) is 8.99. The number of piperidine rings is 1. The molecule has 0 radical (unpaired) electrons. The molecular formula is C27H34N4O4. The summed E-state index contributed by atoms with van der Waals surface area (Å²) in [6.45, 7) is 4.36. The molecule has 4 rings (SSSR count). The van der Waals surface area contributed by atoms with E-state index in [-0.39, 0.29) is 25.0 Å². The highest BCUT2D eigenvalue weighted by Crippen LogP contribution is 2.23. The fourth-order valence-corrected chi connectivity index (χ4v) is 4.36. The van der Waals surface area contributed by atoms with Gasteiger partial charge in [-0.25, -0.2) is 0 Å². The van der Waals surface area contributed by atoms with Gasteiger partial charge in [0.1, 0.15) is 6.61 Å². The van der Waals surface area contributed by atoms with E-state index in [1.807, 2.05) is 42.6 Å². The van der Waals surface area contributed by atoms with E-state index in [1.54, 1.807) is 7.11 Å². The Kier molecular flexibility index (Phi) is 8.86. The van der Waals surface area contributed by atoms with Crippen LogP contribution in [-0.4, -0.2) is 74.5 Å². The molecule has 0 saturated carbocycles. The van der Waals surface area contributed by atoms with Crippen molar-refractivity contribution in [1.82, 2.24) is 9.91 Å². The molecule has 186 valence electrons. The number of hydrogen-bond acceptors (Lipinski definition) is 7. The Labute approximate surface area is 206 Å². The highest BCUT2D eigenvalue weighted by Gasteiger charge is 2.20. The first-order valence-corrected chi connectivity index (χ1v) is 12.3. The Morgan fingerprint density at radius 1 is 1.00 bits per heavy atom. The first-order chi connectivity index (χ1) is 17.1. The van der Waals surface area contributed by atoms with Gasteiger partial charge in [0.2, 0.25) is 0 Å². The fourth-order valence-electron chi connectivity index (χ4n) is 4.36. The summed E-state index contributed by atoms with van der Waals surface area (Å²) in [5.41, 5.74) is 4.67. The van der Waals surface area contributed by atoms with E-state index in [4.69, 9.17) is 9.47 Å². The van der Waals surface area contributed by atoms with Crippen molar-refractivity contribution in [1.29, 1.82) is 0 Å². The molecule has 1 fully saturated rings. The van der Waals surface area contributed by atoms with Crippen molar-refractivity contribution in [2.24, 2.45) is 5.10 Å². The van der Waals surface area contributed by atoms with Crippen molar-refractivity contribution in [3.8, 4) is 0 Å². The van der Waals surface area contributed by atoms with Crippen LogP contribution in [0.4, 0.5) is 5.69 Å². The molecular weight excluding hydrogens is 444 g/mol. The molecule has 0 atom stereocenters.